The quantitative estimate of drug-likeness (QED) is 0.828. The molecule has 1 aliphatic rings. The Morgan fingerprint density at radius 1 is 1.40 bits per heavy atom. The predicted octanol–water partition coefficient (Wildman–Crippen LogP) is 1.45. The Hall–Kier alpha value is -1.75. The fourth-order valence-corrected chi connectivity index (χ4v) is 2.46. The average molecular weight is 277 g/mol. The number of hydrogen-bond donors (Lipinski definition) is 1. The lowest BCUT2D eigenvalue weighted by atomic mass is 10.1. The van der Waals surface area contributed by atoms with E-state index in [1.807, 2.05) is 7.05 Å². The van der Waals surface area contributed by atoms with E-state index in [9.17, 15) is 4.79 Å². The second-order valence-electron chi connectivity index (χ2n) is 5.23. The highest BCUT2D eigenvalue weighted by molar-refractivity contribution is 5.95. The number of rotatable bonds is 5. The highest BCUT2D eigenvalue weighted by Crippen LogP contribution is 2.22. The third kappa shape index (κ3) is 3.42. The number of benzene rings is 1. The van der Waals surface area contributed by atoms with Crippen molar-refractivity contribution in [1.29, 1.82) is 0 Å². The fourth-order valence-electron chi connectivity index (χ4n) is 2.46. The summed E-state index contributed by atoms with van der Waals surface area (Å²) < 4.78 is 5.15. The molecular formula is C15H23N3O2. The van der Waals surface area contributed by atoms with E-state index in [-0.39, 0.29) is 5.91 Å². The first-order chi connectivity index (χ1) is 9.61. The second kappa shape index (κ2) is 6.61. The van der Waals surface area contributed by atoms with Crippen LogP contribution >= 0.6 is 0 Å². The molecule has 110 valence electrons. The standard InChI is InChI=1S/C15H23N3O2/c1-17(9-10-18-7-3-4-8-18)15(19)12-5-6-13(16)14(11-12)20-2/h5-6,11H,3-4,7-10,16H2,1-2H3. The Kier molecular flexibility index (Phi) is 4.84. The summed E-state index contributed by atoms with van der Waals surface area (Å²) in [5.41, 5.74) is 6.92. The molecule has 1 amide bonds. The monoisotopic (exact) mass is 277 g/mol. The van der Waals surface area contributed by atoms with Crippen molar-refractivity contribution in [3.63, 3.8) is 0 Å². The first-order valence-corrected chi connectivity index (χ1v) is 7.03. The summed E-state index contributed by atoms with van der Waals surface area (Å²) in [5.74, 6) is 0.547. The van der Waals surface area contributed by atoms with Gasteiger partial charge in [0.25, 0.3) is 5.91 Å². The SMILES string of the molecule is COc1cc(C(=O)N(C)CCN2CCCC2)ccc1N. The van der Waals surface area contributed by atoms with Crippen LogP contribution < -0.4 is 10.5 Å². The molecule has 1 aromatic carbocycles. The number of methoxy groups -OCH3 is 1. The zero-order valence-corrected chi connectivity index (χ0v) is 12.3. The van der Waals surface area contributed by atoms with Crippen molar-refractivity contribution in [3.05, 3.63) is 23.8 Å². The van der Waals surface area contributed by atoms with Crippen LogP contribution in [0.3, 0.4) is 0 Å². The van der Waals surface area contributed by atoms with Gasteiger partial charge in [0.1, 0.15) is 5.75 Å². The van der Waals surface area contributed by atoms with E-state index in [1.54, 1.807) is 30.2 Å². The number of nitrogens with two attached hydrogens (primary N) is 1. The number of ether oxygens (including phenoxy) is 1. The Bertz CT molecular complexity index is 470. The molecule has 2 rings (SSSR count). The molecule has 2 N–H and O–H groups in total. The molecule has 0 atom stereocenters. The number of nitrogen functional groups attached to an aromatic ring is 1. The van der Waals surface area contributed by atoms with Crippen molar-refractivity contribution >= 4 is 11.6 Å². The van der Waals surface area contributed by atoms with E-state index >= 15 is 0 Å². The lowest BCUT2D eigenvalue weighted by molar-refractivity contribution is 0.0782. The lowest BCUT2D eigenvalue weighted by Crippen LogP contribution is -2.35. The summed E-state index contributed by atoms with van der Waals surface area (Å²) in [7, 11) is 3.39. The van der Waals surface area contributed by atoms with E-state index in [4.69, 9.17) is 10.5 Å². The summed E-state index contributed by atoms with van der Waals surface area (Å²) in [6.07, 6.45) is 2.54. The predicted molar refractivity (Wildman–Crippen MR) is 80.0 cm³/mol. The van der Waals surface area contributed by atoms with Gasteiger partial charge in [-0.1, -0.05) is 0 Å². The minimum Gasteiger partial charge on any atom is -0.495 e. The van der Waals surface area contributed by atoms with E-state index in [1.165, 1.54) is 12.8 Å². The van der Waals surface area contributed by atoms with Gasteiger partial charge in [0.15, 0.2) is 0 Å². The van der Waals surface area contributed by atoms with Crippen molar-refractivity contribution in [2.24, 2.45) is 0 Å². The van der Waals surface area contributed by atoms with Crippen molar-refractivity contribution < 1.29 is 9.53 Å². The molecule has 5 heteroatoms. The normalized spacial score (nSPS) is 15.3. The zero-order chi connectivity index (χ0) is 14.5. The fraction of sp³-hybridized carbons (Fsp3) is 0.533. The molecule has 0 aromatic heterocycles. The summed E-state index contributed by atoms with van der Waals surface area (Å²) in [6.45, 7) is 3.98. The van der Waals surface area contributed by atoms with E-state index < -0.39 is 0 Å². The first kappa shape index (κ1) is 14.7. The van der Waals surface area contributed by atoms with Gasteiger partial charge in [0.05, 0.1) is 12.8 Å². The molecule has 1 fully saturated rings. The number of carbonyl (C=O) groups excluding carboxylic acids is 1. The molecule has 1 aromatic rings. The molecule has 1 aliphatic heterocycles. The molecule has 1 heterocycles. The molecule has 0 unspecified atom stereocenters. The van der Waals surface area contributed by atoms with Crippen LogP contribution in [0.5, 0.6) is 5.75 Å². The highest BCUT2D eigenvalue weighted by atomic mass is 16.5. The highest BCUT2D eigenvalue weighted by Gasteiger charge is 2.16. The van der Waals surface area contributed by atoms with Crippen LogP contribution in [0.1, 0.15) is 23.2 Å². The van der Waals surface area contributed by atoms with Crippen LogP contribution in [-0.4, -0.2) is 56.0 Å². The molecule has 5 nitrogen and oxygen atoms in total. The smallest absolute Gasteiger partial charge is 0.253 e. The number of carbonyl (C=O) groups is 1. The van der Waals surface area contributed by atoms with Gasteiger partial charge in [-0.3, -0.25) is 4.79 Å². The molecule has 0 spiro atoms. The van der Waals surface area contributed by atoms with Gasteiger partial charge >= 0.3 is 0 Å². The van der Waals surface area contributed by atoms with Crippen molar-refractivity contribution in [3.8, 4) is 5.75 Å². The maximum atomic E-state index is 12.3. The van der Waals surface area contributed by atoms with Gasteiger partial charge in [0, 0.05) is 25.7 Å². The van der Waals surface area contributed by atoms with Crippen molar-refractivity contribution in [2.75, 3.05) is 46.1 Å². The molecule has 0 aliphatic carbocycles. The second-order valence-corrected chi connectivity index (χ2v) is 5.23. The number of nitrogens with zero attached hydrogens (tertiary/aromatic N) is 2. The Labute approximate surface area is 120 Å². The topological polar surface area (TPSA) is 58.8 Å². The van der Waals surface area contributed by atoms with Gasteiger partial charge in [-0.25, -0.2) is 0 Å². The van der Waals surface area contributed by atoms with Crippen LogP contribution in [-0.2, 0) is 0 Å². The lowest BCUT2D eigenvalue weighted by Gasteiger charge is -2.21. The van der Waals surface area contributed by atoms with Crippen LogP contribution in [0.2, 0.25) is 0 Å². The zero-order valence-electron chi connectivity index (χ0n) is 12.3. The number of anilines is 1. The number of likely N-dealkylation sites (N-methyl/N-ethyl adjacent to an activating group) is 1. The minimum absolute atomic E-state index is 0.00231. The Morgan fingerprint density at radius 3 is 2.75 bits per heavy atom. The summed E-state index contributed by atoms with van der Waals surface area (Å²) in [5, 5.41) is 0. The largest absolute Gasteiger partial charge is 0.495 e. The maximum Gasteiger partial charge on any atom is 0.253 e. The summed E-state index contributed by atoms with van der Waals surface area (Å²) in [4.78, 5) is 16.5. The average Bonchev–Trinajstić information content (AvgIpc) is 2.97. The summed E-state index contributed by atoms with van der Waals surface area (Å²) in [6, 6.07) is 5.15. The molecule has 0 radical (unpaired) electrons. The third-order valence-corrected chi connectivity index (χ3v) is 3.78. The molecule has 0 bridgehead atoms. The molecule has 20 heavy (non-hydrogen) atoms. The molecule has 0 saturated carbocycles. The van der Waals surface area contributed by atoms with Crippen LogP contribution in [0.4, 0.5) is 5.69 Å². The van der Waals surface area contributed by atoms with Crippen LogP contribution in [0, 0.1) is 0 Å². The molecule has 1 saturated heterocycles. The number of amides is 1. The van der Waals surface area contributed by atoms with Crippen LogP contribution in [0.25, 0.3) is 0 Å². The maximum absolute atomic E-state index is 12.3. The van der Waals surface area contributed by atoms with E-state index in [2.05, 4.69) is 4.90 Å². The summed E-state index contributed by atoms with van der Waals surface area (Å²) >= 11 is 0. The van der Waals surface area contributed by atoms with Crippen LogP contribution in [0.15, 0.2) is 18.2 Å². The van der Waals surface area contributed by atoms with Crippen molar-refractivity contribution in [2.45, 2.75) is 12.8 Å². The third-order valence-electron chi connectivity index (χ3n) is 3.78. The Morgan fingerprint density at radius 2 is 2.10 bits per heavy atom. The van der Waals surface area contributed by atoms with Gasteiger partial charge in [-0.15, -0.1) is 0 Å². The van der Waals surface area contributed by atoms with Gasteiger partial charge < -0.3 is 20.3 Å². The van der Waals surface area contributed by atoms with Gasteiger partial charge in [-0.05, 0) is 44.1 Å². The first-order valence-electron chi connectivity index (χ1n) is 7.03. The van der Waals surface area contributed by atoms with E-state index in [0.29, 0.717) is 17.0 Å². The Balaban J connectivity index is 1.95. The van der Waals surface area contributed by atoms with E-state index in [0.717, 1.165) is 26.2 Å². The molecular weight excluding hydrogens is 254 g/mol. The number of hydrogen-bond acceptors (Lipinski definition) is 4. The number of likely N-dealkylation sites (tertiary alicyclic amines) is 1. The van der Waals surface area contributed by atoms with Gasteiger partial charge in [0.2, 0.25) is 0 Å². The van der Waals surface area contributed by atoms with Gasteiger partial charge in [-0.2, -0.15) is 0 Å². The minimum atomic E-state index is 0.00231. The van der Waals surface area contributed by atoms with Crippen molar-refractivity contribution in [1.82, 2.24) is 9.80 Å².